The lowest BCUT2D eigenvalue weighted by Crippen LogP contribution is -2.48. The summed E-state index contributed by atoms with van der Waals surface area (Å²) in [5.74, 6) is 0. The van der Waals surface area contributed by atoms with Gasteiger partial charge in [0.05, 0.1) is 0 Å². The van der Waals surface area contributed by atoms with Crippen LogP contribution in [-0.2, 0) is 0 Å². The van der Waals surface area contributed by atoms with Gasteiger partial charge in [-0.3, -0.25) is 0 Å². The first-order chi connectivity index (χ1) is 11.3. The molecule has 2 aliphatic rings. The maximum absolute atomic E-state index is 12.1. The van der Waals surface area contributed by atoms with Gasteiger partial charge in [-0.25, -0.2) is 9.78 Å². The molecule has 3 N–H and O–H groups in total. The molecule has 6 heteroatoms. The first kappa shape index (κ1) is 18.0. The molecule has 0 spiro atoms. The molecule has 1 aromatic heterocycles. The standard InChI is InChI=1S/C14H26N2O.C3H4N2S/c17-14-15-11-7-4-8-12-16(14)13-9-5-2-1-3-6-10-13;4-3-5-1-2-6-3/h13H,1-12H2,(H,15,17);1-2H,(H2,4,5). The van der Waals surface area contributed by atoms with Crippen LogP contribution in [0.15, 0.2) is 11.6 Å². The lowest BCUT2D eigenvalue weighted by molar-refractivity contribution is 0.155. The van der Waals surface area contributed by atoms with Gasteiger partial charge in [0, 0.05) is 30.7 Å². The van der Waals surface area contributed by atoms with Crippen LogP contribution in [0.3, 0.4) is 0 Å². The Bertz CT molecular complexity index is 430. The van der Waals surface area contributed by atoms with Gasteiger partial charge in [-0.1, -0.05) is 32.1 Å². The van der Waals surface area contributed by atoms with Gasteiger partial charge in [-0.05, 0) is 32.1 Å². The fourth-order valence-corrected chi connectivity index (χ4v) is 3.69. The van der Waals surface area contributed by atoms with Crippen LogP contribution in [0, 0.1) is 0 Å². The van der Waals surface area contributed by atoms with E-state index in [1.54, 1.807) is 6.20 Å². The topological polar surface area (TPSA) is 71.2 Å². The maximum Gasteiger partial charge on any atom is 0.317 e. The molecule has 2 heterocycles. The zero-order chi connectivity index (χ0) is 16.3. The number of carbonyl (C=O) groups excluding carboxylic acids is 1. The van der Waals surface area contributed by atoms with Crippen molar-refractivity contribution < 1.29 is 4.79 Å². The average molecular weight is 339 g/mol. The van der Waals surface area contributed by atoms with Crippen LogP contribution in [0.4, 0.5) is 9.93 Å². The molecule has 0 bridgehead atoms. The van der Waals surface area contributed by atoms with Crippen LogP contribution in [0.25, 0.3) is 0 Å². The van der Waals surface area contributed by atoms with Crippen molar-refractivity contribution >= 4 is 22.5 Å². The van der Waals surface area contributed by atoms with Gasteiger partial charge in [0.25, 0.3) is 0 Å². The van der Waals surface area contributed by atoms with E-state index in [1.807, 2.05) is 5.38 Å². The van der Waals surface area contributed by atoms with E-state index in [4.69, 9.17) is 5.73 Å². The Morgan fingerprint density at radius 3 is 2.39 bits per heavy atom. The summed E-state index contributed by atoms with van der Waals surface area (Å²) >= 11 is 1.44. The number of amides is 2. The molecule has 0 unspecified atom stereocenters. The molecule has 2 amide bonds. The van der Waals surface area contributed by atoms with Gasteiger partial charge in [0.2, 0.25) is 0 Å². The Kier molecular flexibility index (Phi) is 8.21. The van der Waals surface area contributed by atoms with Crippen LogP contribution < -0.4 is 11.1 Å². The Hall–Kier alpha value is -1.30. The normalized spacial score (nSPS) is 21.0. The minimum atomic E-state index is 0.190. The summed E-state index contributed by atoms with van der Waals surface area (Å²) in [6.45, 7) is 1.83. The van der Waals surface area contributed by atoms with E-state index in [-0.39, 0.29) is 6.03 Å². The molecule has 1 aliphatic carbocycles. The highest BCUT2D eigenvalue weighted by Gasteiger charge is 2.24. The Balaban J connectivity index is 0.000000268. The van der Waals surface area contributed by atoms with Gasteiger partial charge >= 0.3 is 6.03 Å². The summed E-state index contributed by atoms with van der Waals surface area (Å²) in [6, 6.07) is 0.698. The van der Waals surface area contributed by atoms with Crippen molar-refractivity contribution in [1.82, 2.24) is 15.2 Å². The Labute approximate surface area is 143 Å². The summed E-state index contributed by atoms with van der Waals surface area (Å²) in [5.41, 5.74) is 5.19. The Morgan fingerprint density at radius 2 is 1.78 bits per heavy atom. The number of nitrogens with one attached hydrogen (secondary N) is 1. The van der Waals surface area contributed by atoms with Crippen molar-refractivity contribution in [1.29, 1.82) is 0 Å². The maximum atomic E-state index is 12.1. The van der Waals surface area contributed by atoms with Gasteiger partial charge in [0.15, 0.2) is 5.13 Å². The number of carbonyl (C=O) groups is 1. The van der Waals surface area contributed by atoms with Gasteiger partial charge in [-0.15, -0.1) is 11.3 Å². The van der Waals surface area contributed by atoms with E-state index in [1.165, 1.54) is 69.1 Å². The third-order valence-electron chi connectivity index (χ3n) is 4.58. The molecular weight excluding hydrogens is 308 g/mol. The minimum Gasteiger partial charge on any atom is -0.375 e. The predicted octanol–water partition coefficient (Wildman–Crippen LogP) is 4.02. The molecule has 0 radical (unpaired) electrons. The molecule has 1 saturated carbocycles. The average Bonchev–Trinajstić information content (AvgIpc) is 2.96. The summed E-state index contributed by atoms with van der Waals surface area (Å²) in [5, 5.41) is 5.53. The van der Waals surface area contributed by atoms with Crippen molar-refractivity contribution in [2.45, 2.75) is 70.3 Å². The van der Waals surface area contributed by atoms with E-state index in [0.29, 0.717) is 11.2 Å². The summed E-state index contributed by atoms with van der Waals surface area (Å²) < 4.78 is 0. The highest BCUT2D eigenvalue weighted by Crippen LogP contribution is 2.22. The van der Waals surface area contributed by atoms with Crippen LogP contribution in [0.2, 0.25) is 0 Å². The number of hydrogen-bond donors (Lipinski definition) is 2. The summed E-state index contributed by atoms with van der Waals surface area (Å²) in [4.78, 5) is 17.9. The van der Waals surface area contributed by atoms with Gasteiger partial charge < -0.3 is 16.0 Å². The van der Waals surface area contributed by atoms with Crippen LogP contribution in [-0.4, -0.2) is 35.0 Å². The van der Waals surface area contributed by atoms with Crippen molar-refractivity contribution in [2.24, 2.45) is 0 Å². The van der Waals surface area contributed by atoms with Crippen LogP contribution in [0.5, 0.6) is 0 Å². The summed E-state index contributed by atoms with van der Waals surface area (Å²) in [7, 11) is 0. The van der Waals surface area contributed by atoms with Crippen LogP contribution in [0.1, 0.15) is 64.2 Å². The van der Waals surface area contributed by atoms with Gasteiger partial charge in [-0.2, -0.15) is 0 Å². The quantitative estimate of drug-likeness (QED) is 0.812. The smallest absolute Gasteiger partial charge is 0.317 e. The summed E-state index contributed by atoms with van der Waals surface area (Å²) in [6.07, 6.45) is 14.4. The second kappa shape index (κ2) is 10.5. The van der Waals surface area contributed by atoms with Crippen molar-refractivity contribution in [3.05, 3.63) is 11.6 Å². The van der Waals surface area contributed by atoms with Crippen molar-refractivity contribution in [2.75, 3.05) is 18.8 Å². The number of urea groups is 1. The number of hydrogen-bond acceptors (Lipinski definition) is 4. The van der Waals surface area contributed by atoms with Crippen LogP contribution >= 0.6 is 11.3 Å². The molecule has 2 fully saturated rings. The van der Waals surface area contributed by atoms with E-state index < -0.39 is 0 Å². The van der Waals surface area contributed by atoms with E-state index >= 15 is 0 Å². The van der Waals surface area contributed by atoms with E-state index in [2.05, 4.69) is 15.2 Å². The number of rotatable bonds is 1. The number of nitrogens with two attached hydrogens (primary N) is 1. The lowest BCUT2D eigenvalue weighted by Gasteiger charge is -2.34. The largest absolute Gasteiger partial charge is 0.375 e. The van der Waals surface area contributed by atoms with E-state index in [9.17, 15) is 4.79 Å². The first-order valence-corrected chi connectivity index (χ1v) is 9.85. The third kappa shape index (κ3) is 6.77. The number of anilines is 1. The molecular formula is C17H30N4OS. The molecule has 5 nitrogen and oxygen atoms in total. The number of thiazole rings is 1. The molecule has 0 atom stereocenters. The molecule has 0 aromatic carbocycles. The zero-order valence-electron chi connectivity index (χ0n) is 14.0. The second-order valence-corrected chi connectivity index (χ2v) is 7.28. The fraction of sp³-hybridized carbons (Fsp3) is 0.765. The SMILES string of the molecule is Nc1nccs1.O=C1NCCCCCN1C1CCCCCCC1. The monoisotopic (exact) mass is 338 g/mol. The predicted molar refractivity (Wildman–Crippen MR) is 96.6 cm³/mol. The third-order valence-corrected chi connectivity index (χ3v) is 5.18. The second-order valence-electron chi connectivity index (χ2n) is 6.36. The number of nitrogens with zero attached hydrogens (tertiary/aromatic N) is 2. The van der Waals surface area contributed by atoms with E-state index in [0.717, 1.165) is 19.5 Å². The number of aromatic nitrogens is 1. The highest BCUT2D eigenvalue weighted by molar-refractivity contribution is 7.13. The van der Waals surface area contributed by atoms with Crippen molar-refractivity contribution in [3.63, 3.8) is 0 Å². The molecule has 23 heavy (non-hydrogen) atoms. The molecule has 3 rings (SSSR count). The Morgan fingerprint density at radius 1 is 1.09 bits per heavy atom. The number of nitrogen functional groups attached to an aromatic ring is 1. The fourth-order valence-electron chi connectivity index (χ4n) is 3.31. The minimum absolute atomic E-state index is 0.190. The highest BCUT2D eigenvalue weighted by atomic mass is 32.1. The molecule has 1 saturated heterocycles. The molecule has 1 aromatic rings. The molecule has 1 aliphatic heterocycles. The lowest BCUT2D eigenvalue weighted by atomic mass is 9.95. The zero-order valence-corrected chi connectivity index (χ0v) is 14.8. The molecule has 130 valence electrons. The van der Waals surface area contributed by atoms with Crippen molar-refractivity contribution in [3.8, 4) is 0 Å². The van der Waals surface area contributed by atoms with Gasteiger partial charge in [0.1, 0.15) is 0 Å². The first-order valence-electron chi connectivity index (χ1n) is 8.97.